The Morgan fingerprint density at radius 3 is 2.60 bits per heavy atom. The van der Waals surface area contributed by atoms with E-state index in [1.165, 1.54) is 0 Å². The number of carbonyl (C=O) groups is 1. The van der Waals surface area contributed by atoms with E-state index in [1.807, 2.05) is 25.7 Å². The molecule has 4 heteroatoms. The molecule has 2 heterocycles. The van der Waals surface area contributed by atoms with Crippen LogP contribution in [0, 0.1) is 5.92 Å². The van der Waals surface area contributed by atoms with Gasteiger partial charge in [-0.2, -0.15) is 0 Å². The molecule has 3 rings (SSSR count). The number of hydrogen-bond acceptors (Lipinski definition) is 3. The lowest BCUT2D eigenvalue weighted by molar-refractivity contribution is 0.00889. The smallest absolute Gasteiger partial charge is 0.410 e. The lowest BCUT2D eigenvalue weighted by Crippen LogP contribution is -2.54. The third-order valence-corrected chi connectivity index (χ3v) is 3.34. The van der Waals surface area contributed by atoms with Gasteiger partial charge in [0.1, 0.15) is 5.60 Å². The normalized spacial score (nSPS) is 33.9. The van der Waals surface area contributed by atoms with Gasteiger partial charge in [0, 0.05) is 13.1 Å². The van der Waals surface area contributed by atoms with Crippen LogP contribution in [0.2, 0.25) is 0 Å². The van der Waals surface area contributed by atoms with Crippen molar-refractivity contribution >= 4 is 6.09 Å². The van der Waals surface area contributed by atoms with Crippen LogP contribution in [0.4, 0.5) is 4.79 Å². The maximum absolute atomic E-state index is 11.9. The molecule has 2 bridgehead atoms. The molecule has 0 unspecified atom stereocenters. The van der Waals surface area contributed by atoms with E-state index in [0.29, 0.717) is 12.5 Å². The van der Waals surface area contributed by atoms with Crippen LogP contribution < -0.4 is 5.73 Å². The van der Waals surface area contributed by atoms with Gasteiger partial charge in [-0.3, -0.25) is 0 Å². The van der Waals surface area contributed by atoms with Gasteiger partial charge in [0.25, 0.3) is 0 Å². The first-order valence-corrected chi connectivity index (χ1v) is 5.57. The first-order chi connectivity index (χ1) is 6.86. The number of carbonyl (C=O) groups excluding carboxylic acids is 1. The zero-order valence-corrected chi connectivity index (χ0v) is 9.75. The van der Waals surface area contributed by atoms with E-state index in [9.17, 15) is 4.79 Å². The zero-order valence-electron chi connectivity index (χ0n) is 9.75. The Kier molecular flexibility index (Phi) is 2.23. The quantitative estimate of drug-likeness (QED) is 0.713. The molecule has 2 saturated heterocycles. The second kappa shape index (κ2) is 3.11. The van der Waals surface area contributed by atoms with Crippen molar-refractivity contribution in [2.45, 2.75) is 44.8 Å². The van der Waals surface area contributed by atoms with Gasteiger partial charge in [-0.25, -0.2) is 4.79 Å². The highest BCUT2D eigenvalue weighted by molar-refractivity contribution is 5.70. The van der Waals surface area contributed by atoms with Crippen LogP contribution in [0.3, 0.4) is 0 Å². The van der Waals surface area contributed by atoms with Crippen molar-refractivity contribution < 1.29 is 9.53 Å². The predicted molar refractivity (Wildman–Crippen MR) is 57.4 cm³/mol. The lowest BCUT2D eigenvalue weighted by Gasteiger charge is -2.41. The van der Waals surface area contributed by atoms with Crippen LogP contribution in [-0.4, -0.2) is 35.2 Å². The molecule has 3 fully saturated rings. The highest BCUT2D eigenvalue weighted by Crippen LogP contribution is 2.50. The minimum atomic E-state index is -0.417. The SMILES string of the molecule is CC(C)(C)OC(=O)N1CC2CC1(CN)C2. The number of ether oxygens (including phenoxy) is 1. The Morgan fingerprint density at radius 1 is 1.53 bits per heavy atom. The van der Waals surface area contributed by atoms with Crippen LogP contribution in [-0.2, 0) is 4.74 Å². The summed E-state index contributed by atoms with van der Waals surface area (Å²) in [5.41, 5.74) is 5.26. The summed E-state index contributed by atoms with van der Waals surface area (Å²) in [4.78, 5) is 13.7. The van der Waals surface area contributed by atoms with Gasteiger partial charge >= 0.3 is 6.09 Å². The van der Waals surface area contributed by atoms with Crippen molar-refractivity contribution in [2.24, 2.45) is 11.7 Å². The molecule has 0 radical (unpaired) electrons. The summed E-state index contributed by atoms with van der Waals surface area (Å²) in [6.45, 7) is 7.05. The molecule has 86 valence electrons. The molecule has 2 N–H and O–H groups in total. The molecule has 0 aromatic rings. The molecule has 1 amide bonds. The van der Waals surface area contributed by atoms with Crippen molar-refractivity contribution in [1.29, 1.82) is 0 Å². The molecule has 0 atom stereocenters. The molecule has 1 saturated carbocycles. The topological polar surface area (TPSA) is 55.6 Å². The molecule has 0 spiro atoms. The van der Waals surface area contributed by atoms with E-state index >= 15 is 0 Å². The van der Waals surface area contributed by atoms with Crippen molar-refractivity contribution in [1.82, 2.24) is 4.90 Å². The Bertz CT molecular complexity index is 277. The average Bonchev–Trinajstić information content (AvgIpc) is 2.52. The van der Waals surface area contributed by atoms with Crippen LogP contribution in [0.5, 0.6) is 0 Å². The lowest BCUT2D eigenvalue weighted by atomic mass is 9.73. The monoisotopic (exact) mass is 212 g/mol. The van der Waals surface area contributed by atoms with Crippen molar-refractivity contribution in [2.75, 3.05) is 13.1 Å². The fraction of sp³-hybridized carbons (Fsp3) is 0.909. The van der Waals surface area contributed by atoms with Crippen LogP contribution >= 0.6 is 0 Å². The van der Waals surface area contributed by atoms with Crippen molar-refractivity contribution in [3.63, 3.8) is 0 Å². The summed E-state index contributed by atoms with van der Waals surface area (Å²) >= 11 is 0. The molecular formula is C11H20N2O2. The Balaban J connectivity index is 2.03. The largest absolute Gasteiger partial charge is 0.444 e. The van der Waals surface area contributed by atoms with E-state index in [1.54, 1.807) is 0 Å². The van der Waals surface area contributed by atoms with E-state index in [0.717, 1.165) is 19.4 Å². The summed E-state index contributed by atoms with van der Waals surface area (Å²) in [5, 5.41) is 0. The Morgan fingerprint density at radius 2 is 2.13 bits per heavy atom. The van der Waals surface area contributed by atoms with Crippen molar-refractivity contribution in [3.8, 4) is 0 Å². The molecule has 4 nitrogen and oxygen atoms in total. The zero-order chi connectivity index (χ0) is 11.3. The number of hydrogen-bond donors (Lipinski definition) is 1. The first-order valence-electron chi connectivity index (χ1n) is 5.57. The summed E-state index contributed by atoms with van der Waals surface area (Å²) in [6.07, 6.45) is 1.92. The first kappa shape index (κ1) is 10.7. The van der Waals surface area contributed by atoms with Crippen LogP contribution in [0.1, 0.15) is 33.6 Å². The third-order valence-electron chi connectivity index (χ3n) is 3.34. The van der Waals surface area contributed by atoms with Crippen LogP contribution in [0.25, 0.3) is 0 Å². The number of nitrogens with zero attached hydrogens (tertiary/aromatic N) is 1. The van der Waals surface area contributed by atoms with Crippen molar-refractivity contribution in [3.05, 3.63) is 0 Å². The second-order valence-corrected chi connectivity index (χ2v) is 5.79. The van der Waals surface area contributed by atoms with E-state index < -0.39 is 5.60 Å². The fourth-order valence-corrected chi connectivity index (χ4v) is 2.68. The molecule has 0 aromatic heterocycles. The third kappa shape index (κ3) is 1.71. The molecule has 0 aromatic carbocycles. The van der Waals surface area contributed by atoms with Gasteiger partial charge in [0.2, 0.25) is 0 Å². The Hall–Kier alpha value is -0.770. The molecule has 1 aliphatic carbocycles. The Labute approximate surface area is 90.8 Å². The summed E-state index contributed by atoms with van der Waals surface area (Å²) < 4.78 is 5.38. The minimum absolute atomic E-state index is 0.0764. The second-order valence-electron chi connectivity index (χ2n) is 5.79. The number of rotatable bonds is 1. The highest BCUT2D eigenvalue weighted by atomic mass is 16.6. The maximum atomic E-state index is 11.9. The fourth-order valence-electron chi connectivity index (χ4n) is 2.68. The van der Waals surface area contributed by atoms with E-state index in [-0.39, 0.29) is 11.6 Å². The summed E-state index contributed by atoms with van der Waals surface area (Å²) in [6, 6.07) is 0. The van der Waals surface area contributed by atoms with E-state index in [2.05, 4.69) is 0 Å². The standard InChI is InChI=1S/C11H20N2O2/c1-10(2,3)15-9(14)13-6-8-4-11(13,5-8)7-12/h8H,4-7,12H2,1-3H3. The summed E-state index contributed by atoms with van der Waals surface area (Å²) in [5.74, 6) is 0.654. The average molecular weight is 212 g/mol. The number of fused-ring (bicyclic) bond motifs is 1. The van der Waals surface area contributed by atoms with Gasteiger partial charge in [-0.1, -0.05) is 0 Å². The molecular weight excluding hydrogens is 192 g/mol. The van der Waals surface area contributed by atoms with E-state index in [4.69, 9.17) is 10.5 Å². The van der Waals surface area contributed by atoms with Crippen LogP contribution in [0.15, 0.2) is 0 Å². The van der Waals surface area contributed by atoms with Gasteiger partial charge in [-0.15, -0.1) is 0 Å². The molecule has 15 heavy (non-hydrogen) atoms. The summed E-state index contributed by atoms with van der Waals surface area (Å²) in [7, 11) is 0. The minimum Gasteiger partial charge on any atom is -0.444 e. The predicted octanol–water partition coefficient (Wildman–Crippen LogP) is 1.34. The number of amides is 1. The molecule has 2 aliphatic heterocycles. The van der Waals surface area contributed by atoms with Gasteiger partial charge in [-0.05, 0) is 39.5 Å². The number of nitrogens with two attached hydrogens (primary N) is 1. The molecule has 3 aliphatic rings. The van der Waals surface area contributed by atoms with Gasteiger partial charge in [0.15, 0.2) is 0 Å². The maximum Gasteiger partial charge on any atom is 0.410 e. The highest BCUT2D eigenvalue weighted by Gasteiger charge is 2.57. The van der Waals surface area contributed by atoms with Gasteiger partial charge < -0.3 is 15.4 Å². The van der Waals surface area contributed by atoms with Gasteiger partial charge in [0.05, 0.1) is 5.54 Å².